The summed E-state index contributed by atoms with van der Waals surface area (Å²) in [5, 5.41) is 3.60. The summed E-state index contributed by atoms with van der Waals surface area (Å²) in [6, 6.07) is 4.97. The fraction of sp³-hybridized carbons (Fsp3) is 0.222. The van der Waals surface area contributed by atoms with Gasteiger partial charge in [-0.3, -0.25) is 4.79 Å². The topological polar surface area (TPSA) is 77.6 Å². The third-order valence-corrected chi connectivity index (χ3v) is 1.44. The Hall–Kier alpha value is -1.91. The fourth-order valence-electron chi connectivity index (χ4n) is 0.857. The highest BCUT2D eigenvalue weighted by Crippen LogP contribution is 2.01. The molecule has 0 aliphatic heterocycles. The molecule has 14 heavy (non-hydrogen) atoms. The second-order valence-corrected chi connectivity index (χ2v) is 2.46. The molecule has 0 radical (unpaired) electrons. The van der Waals surface area contributed by atoms with Crippen molar-refractivity contribution in [2.24, 2.45) is 5.16 Å². The number of oxime groups is 1. The Kier molecular flexibility index (Phi) is 3.60. The maximum Gasteiger partial charge on any atom is 0.174 e. The molecule has 5 heteroatoms. The molecule has 0 saturated carbocycles. The first-order chi connectivity index (χ1) is 6.77. The van der Waals surface area contributed by atoms with Crippen molar-refractivity contribution in [1.82, 2.24) is 4.98 Å². The molecule has 1 rings (SSSR count). The van der Waals surface area contributed by atoms with Crippen molar-refractivity contribution in [3.8, 4) is 0 Å². The number of carbonyl (C=O) groups is 1. The van der Waals surface area contributed by atoms with Gasteiger partial charge in [-0.1, -0.05) is 11.2 Å². The number of rotatable bonds is 4. The monoisotopic (exact) mass is 193 g/mol. The number of aldehydes is 1. The molecule has 74 valence electrons. The van der Waals surface area contributed by atoms with E-state index in [4.69, 9.17) is 10.6 Å². The van der Waals surface area contributed by atoms with Crippen molar-refractivity contribution in [3.63, 3.8) is 0 Å². The molecule has 1 heterocycles. The molecule has 0 spiro atoms. The van der Waals surface area contributed by atoms with E-state index in [1.807, 2.05) is 0 Å². The third kappa shape index (κ3) is 2.55. The number of hydrogen-bond acceptors (Lipinski definition) is 5. The lowest BCUT2D eigenvalue weighted by Crippen LogP contribution is -2.07. The van der Waals surface area contributed by atoms with E-state index < -0.39 is 0 Å². The SMILES string of the molecule is CCO/N=C(\C=O)c1cccc(N)n1. The number of hydrogen-bond donors (Lipinski definition) is 1. The molecule has 0 atom stereocenters. The molecule has 0 aliphatic rings. The zero-order valence-corrected chi connectivity index (χ0v) is 7.80. The van der Waals surface area contributed by atoms with Crippen LogP contribution in [0, 0.1) is 0 Å². The molecule has 0 aromatic carbocycles. The van der Waals surface area contributed by atoms with E-state index in [0.717, 1.165) is 0 Å². The minimum atomic E-state index is 0.138. The summed E-state index contributed by atoms with van der Waals surface area (Å²) >= 11 is 0. The molecule has 1 aromatic heterocycles. The largest absolute Gasteiger partial charge is 0.395 e. The second-order valence-electron chi connectivity index (χ2n) is 2.46. The Morgan fingerprint density at radius 3 is 3.07 bits per heavy atom. The van der Waals surface area contributed by atoms with Gasteiger partial charge in [0.1, 0.15) is 12.4 Å². The summed E-state index contributed by atoms with van der Waals surface area (Å²) in [5.41, 5.74) is 6.01. The lowest BCUT2D eigenvalue weighted by Gasteiger charge is -1.99. The van der Waals surface area contributed by atoms with E-state index in [9.17, 15) is 4.79 Å². The molecule has 0 unspecified atom stereocenters. The lowest BCUT2D eigenvalue weighted by molar-refractivity contribution is -0.102. The smallest absolute Gasteiger partial charge is 0.174 e. The maximum absolute atomic E-state index is 10.6. The summed E-state index contributed by atoms with van der Waals surface area (Å²) in [4.78, 5) is 19.3. The highest BCUT2D eigenvalue weighted by molar-refractivity contribution is 6.35. The average Bonchev–Trinajstić information content (AvgIpc) is 2.19. The molecule has 0 bridgehead atoms. The Labute approximate surface area is 81.6 Å². The van der Waals surface area contributed by atoms with Gasteiger partial charge in [-0.2, -0.15) is 0 Å². The van der Waals surface area contributed by atoms with E-state index in [0.29, 0.717) is 24.4 Å². The van der Waals surface area contributed by atoms with Gasteiger partial charge >= 0.3 is 0 Å². The van der Waals surface area contributed by atoms with Crippen molar-refractivity contribution in [2.45, 2.75) is 6.92 Å². The summed E-state index contributed by atoms with van der Waals surface area (Å²) in [6.45, 7) is 2.18. The predicted octanol–water partition coefficient (Wildman–Crippen LogP) is 0.603. The van der Waals surface area contributed by atoms with Crippen LogP contribution >= 0.6 is 0 Å². The third-order valence-electron chi connectivity index (χ3n) is 1.44. The van der Waals surface area contributed by atoms with E-state index >= 15 is 0 Å². The maximum atomic E-state index is 10.6. The Bertz CT molecular complexity index is 350. The minimum Gasteiger partial charge on any atom is -0.395 e. The quantitative estimate of drug-likeness (QED) is 0.431. The molecule has 2 N–H and O–H groups in total. The Balaban J connectivity index is 2.94. The van der Waals surface area contributed by atoms with Gasteiger partial charge in [0.2, 0.25) is 0 Å². The van der Waals surface area contributed by atoms with Crippen molar-refractivity contribution in [2.75, 3.05) is 12.3 Å². The first-order valence-electron chi connectivity index (χ1n) is 4.16. The van der Waals surface area contributed by atoms with Crippen LogP contribution in [-0.4, -0.2) is 23.6 Å². The molecule has 0 saturated heterocycles. The van der Waals surface area contributed by atoms with Crippen LogP contribution in [0.15, 0.2) is 23.4 Å². The van der Waals surface area contributed by atoms with Gasteiger partial charge in [-0.25, -0.2) is 4.98 Å². The lowest BCUT2D eigenvalue weighted by atomic mass is 10.2. The predicted molar refractivity (Wildman–Crippen MR) is 52.9 cm³/mol. The van der Waals surface area contributed by atoms with Crippen LogP contribution in [0.2, 0.25) is 0 Å². The standard InChI is InChI=1S/C9H11N3O2/c1-2-14-12-8(6-13)7-4-3-5-9(10)11-7/h3-6H,2H2,1H3,(H2,10,11)/b12-8+. The average molecular weight is 193 g/mol. The van der Waals surface area contributed by atoms with Gasteiger partial charge in [-0.05, 0) is 19.1 Å². The summed E-state index contributed by atoms with van der Waals surface area (Å²) < 4.78 is 0. The van der Waals surface area contributed by atoms with Crippen molar-refractivity contribution < 1.29 is 9.63 Å². The van der Waals surface area contributed by atoms with Crippen LogP contribution < -0.4 is 5.73 Å². The first kappa shape index (κ1) is 10.2. The Morgan fingerprint density at radius 2 is 2.50 bits per heavy atom. The van der Waals surface area contributed by atoms with Crippen LogP contribution in [0.5, 0.6) is 0 Å². The number of nitrogen functional groups attached to an aromatic ring is 1. The molecular formula is C9H11N3O2. The first-order valence-corrected chi connectivity index (χ1v) is 4.16. The molecule has 1 aromatic rings. The van der Waals surface area contributed by atoms with Crippen LogP contribution in [0.25, 0.3) is 0 Å². The number of pyridine rings is 1. The van der Waals surface area contributed by atoms with E-state index in [-0.39, 0.29) is 5.71 Å². The number of nitrogens with two attached hydrogens (primary N) is 1. The second kappa shape index (κ2) is 4.96. The van der Waals surface area contributed by atoms with Gasteiger partial charge in [0.25, 0.3) is 0 Å². The van der Waals surface area contributed by atoms with Gasteiger partial charge in [0.05, 0.1) is 5.69 Å². The number of nitrogens with zero attached hydrogens (tertiary/aromatic N) is 2. The number of aromatic nitrogens is 1. The highest BCUT2D eigenvalue weighted by atomic mass is 16.6. The van der Waals surface area contributed by atoms with Gasteiger partial charge in [0, 0.05) is 0 Å². The molecule has 0 fully saturated rings. The molecular weight excluding hydrogens is 182 g/mol. The van der Waals surface area contributed by atoms with Crippen LogP contribution in [0.4, 0.5) is 5.82 Å². The van der Waals surface area contributed by atoms with Crippen molar-refractivity contribution in [3.05, 3.63) is 23.9 Å². The summed E-state index contributed by atoms with van der Waals surface area (Å²) in [6.07, 6.45) is 0.581. The van der Waals surface area contributed by atoms with E-state index in [2.05, 4.69) is 10.1 Å². The molecule has 5 nitrogen and oxygen atoms in total. The van der Waals surface area contributed by atoms with Gasteiger partial charge in [-0.15, -0.1) is 0 Å². The van der Waals surface area contributed by atoms with Crippen molar-refractivity contribution >= 4 is 17.8 Å². The van der Waals surface area contributed by atoms with Crippen LogP contribution in [0.3, 0.4) is 0 Å². The number of anilines is 1. The molecule has 0 aliphatic carbocycles. The zero-order valence-electron chi connectivity index (χ0n) is 7.80. The van der Waals surface area contributed by atoms with Crippen molar-refractivity contribution in [1.29, 1.82) is 0 Å². The Morgan fingerprint density at radius 1 is 1.71 bits per heavy atom. The zero-order chi connectivity index (χ0) is 10.4. The molecule has 0 amide bonds. The van der Waals surface area contributed by atoms with Gasteiger partial charge < -0.3 is 10.6 Å². The van der Waals surface area contributed by atoms with E-state index in [1.54, 1.807) is 25.1 Å². The van der Waals surface area contributed by atoms with Crippen LogP contribution in [-0.2, 0) is 9.63 Å². The normalized spacial score (nSPS) is 11.1. The van der Waals surface area contributed by atoms with Gasteiger partial charge in [0.15, 0.2) is 12.0 Å². The highest BCUT2D eigenvalue weighted by Gasteiger charge is 2.04. The minimum absolute atomic E-state index is 0.138. The van der Waals surface area contributed by atoms with Crippen LogP contribution in [0.1, 0.15) is 12.6 Å². The summed E-state index contributed by atoms with van der Waals surface area (Å²) in [7, 11) is 0. The fourth-order valence-corrected chi connectivity index (χ4v) is 0.857. The summed E-state index contributed by atoms with van der Waals surface area (Å²) in [5.74, 6) is 0.341. The number of carbonyl (C=O) groups excluding carboxylic acids is 1. The van der Waals surface area contributed by atoms with E-state index in [1.165, 1.54) is 0 Å².